The van der Waals surface area contributed by atoms with E-state index in [-0.39, 0.29) is 0 Å². The predicted octanol–water partition coefficient (Wildman–Crippen LogP) is 2.23. The first-order valence-corrected chi connectivity index (χ1v) is 9.40. The largest absolute Gasteiger partial charge is 0.383 e. The molecule has 134 valence electrons. The van der Waals surface area contributed by atoms with Crippen LogP contribution in [0.1, 0.15) is 51.9 Å². The van der Waals surface area contributed by atoms with E-state index in [1.54, 1.807) is 7.11 Å². The quantitative estimate of drug-likeness (QED) is 0.478. The number of rotatable bonds is 10. The standard InChI is InChI=1S/C18H36N4O/c1-4-18(9-5-6-10-18)15-21-17(19-2)20-11-12-22(13-14-23-3)16-7-8-16/h16H,4-15H2,1-3H3,(H2,19,20,21). The van der Waals surface area contributed by atoms with Gasteiger partial charge in [0.05, 0.1) is 6.61 Å². The molecule has 0 aromatic carbocycles. The molecule has 2 aliphatic rings. The van der Waals surface area contributed by atoms with Crippen LogP contribution in [0.25, 0.3) is 0 Å². The molecule has 0 atom stereocenters. The molecule has 5 heteroatoms. The zero-order valence-electron chi connectivity index (χ0n) is 15.4. The van der Waals surface area contributed by atoms with Gasteiger partial charge in [0.2, 0.25) is 0 Å². The summed E-state index contributed by atoms with van der Waals surface area (Å²) in [5, 5.41) is 7.04. The van der Waals surface area contributed by atoms with Crippen molar-refractivity contribution in [3.05, 3.63) is 0 Å². The number of nitrogens with zero attached hydrogens (tertiary/aromatic N) is 2. The zero-order chi connectivity index (χ0) is 16.5. The Hall–Kier alpha value is -0.810. The molecule has 0 aromatic rings. The Morgan fingerprint density at radius 2 is 1.96 bits per heavy atom. The highest BCUT2D eigenvalue weighted by molar-refractivity contribution is 5.79. The van der Waals surface area contributed by atoms with E-state index in [0.29, 0.717) is 5.41 Å². The highest BCUT2D eigenvalue weighted by Crippen LogP contribution is 2.40. The van der Waals surface area contributed by atoms with Crippen molar-refractivity contribution in [2.24, 2.45) is 10.4 Å². The van der Waals surface area contributed by atoms with Crippen molar-refractivity contribution >= 4 is 5.96 Å². The van der Waals surface area contributed by atoms with E-state index in [4.69, 9.17) is 4.74 Å². The van der Waals surface area contributed by atoms with E-state index in [0.717, 1.165) is 44.8 Å². The summed E-state index contributed by atoms with van der Waals surface area (Å²) in [6.45, 7) is 7.24. The average Bonchev–Trinajstić information content (AvgIpc) is 3.31. The molecule has 0 heterocycles. The van der Waals surface area contributed by atoms with Crippen molar-refractivity contribution in [1.82, 2.24) is 15.5 Å². The molecule has 2 aliphatic carbocycles. The Labute approximate surface area is 142 Å². The summed E-state index contributed by atoms with van der Waals surface area (Å²) in [5.41, 5.74) is 0.496. The molecule has 0 aromatic heterocycles. The third-order valence-electron chi connectivity index (χ3n) is 5.61. The minimum absolute atomic E-state index is 0.496. The number of methoxy groups -OCH3 is 1. The lowest BCUT2D eigenvalue weighted by atomic mass is 9.83. The maximum Gasteiger partial charge on any atom is 0.191 e. The first-order valence-electron chi connectivity index (χ1n) is 9.40. The number of aliphatic imine (C=N–C) groups is 1. The van der Waals surface area contributed by atoms with Gasteiger partial charge >= 0.3 is 0 Å². The molecule has 2 fully saturated rings. The van der Waals surface area contributed by atoms with Crippen LogP contribution in [-0.2, 0) is 4.74 Å². The van der Waals surface area contributed by atoms with Gasteiger partial charge in [0, 0.05) is 46.4 Å². The van der Waals surface area contributed by atoms with Crippen LogP contribution >= 0.6 is 0 Å². The molecule has 0 amide bonds. The van der Waals surface area contributed by atoms with Gasteiger partial charge in [-0.2, -0.15) is 0 Å². The van der Waals surface area contributed by atoms with Crippen molar-refractivity contribution in [2.75, 3.05) is 46.9 Å². The Morgan fingerprint density at radius 3 is 2.52 bits per heavy atom. The highest BCUT2D eigenvalue weighted by Gasteiger charge is 2.32. The molecule has 0 unspecified atom stereocenters. The number of hydrogen-bond acceptors (Lipinski definition) is 3. The first kappa shape index (κ1) is 18.5. The number of guanidine groups is 1. The molecule has 0 saturated heterocycles. The van der Waals surface area contributed by atoms with Crippen LogP contribution in [0.15, 0.2) is 4.99 Å². The summed E-state index contributed by atoms with van der Waals surface area (Å²) in [5.74, 6) is 0.951. The van der Waals surface area contributed by atoms with Gasteiger partial charge in [-0.15, -0.1) is 0 Å². The fourth-order valence-corrected chi connectivity index (χ4v) is 3.72. The Kier molecular flexibility index (Phi) is 7.63. The molecule has 0 bridgehead atoms. The van der Waals surface area contributed by atoms with E-state index in [1.165, 1.54) is 44.9 Å². The van der Waals surface area contributed by atoms with Crippen LogP contribution in [0, 0.1) is 5.41 Å². The summed E-state index contributed by atoms with van der Waals surface area (Å²) < 4.78 is 5.22. The second-order valence-corrected chi connectivity index (χ2v) is 7.17. The van der Waals surface area contributed by atoms with Gasteiger partial charge < -0.3 is 15.4 Å². The summed E-state index contributed by atoms with van der Waals surface area (Å²) in [4.78, 5) is 6.92. The third-order valence-corrected chi connectivity index (χ3v) is 5.61. The summed E-state index contributed by atoms with van der Waals surface area (Å²) in [6.07, 6.45) is 9.45. The van der Waals surface area contributed by atoms with Crippen molar-refractivity contribution < 1.29 is 4.74 Å². The predicted molar refractivity (Wildman–Crippen MR) is 97.0 cm³/mol. The van der Waals surface area contributed by atoms with Gasteiger partial charge in [-0.05, 0) is 37.5 Å². The van der Waals surface area contributed by atoms with Crippen LogP contribution < -0.4 is 10.6 Å². The molecular formula is C18H36N4O. The fourth-order valence-electron chi connectivity index (χ4n) is 3.72. The van der Waals surface area contributed by atoms with Crippen molar-refractivity contribution in [1.29, 1.82) is 0 Å². The topological polar surface area (TPSA) is 48.9 Å². The first-order chi connectivity index (χ1) is 11.2. The second kappa shape index (κ2) is 9.48. The van der Waals surface area contributed by atoms with E-state index in [1.807, 2.05) is 7.05 Å². The van der Waals surface area contributed by atoms with Crippen LogP contribution in [0.2, 0.25) is 0 Å². The van der Waals surface area contributed by atoms with Gasteiger partial charge in [0.1, 0.15) is 0 Å². The summed E-state index contributed by atoms with van der Waals surface area (Å²) in [7, 11) is 3.65. The van der Waals surface area contributed by atoms with Gasteiger partial charge in [0.25, 0.3) is 0 Å². The Bertz CT molecular complexity index is 362. The number of hydrogen-bond donors (Lipinski definition) is 2. The molecule has 0 spiro atoms. The molecule has 0 radical (unpaired) electrons. The molecule has 5 nitrogen and oxygen atoms in total. The second-order valence-electron chi connectivity index (χ2n) is 7.17. The lowest BCUT2D eigenvalue weighted by Crippen LogP contribution is -2.45. The smallest absolute Gasteiger partial charge is 0.191 e. The van der Waals surface area contributed by atoms with E-state index >= 15 is 0 Å². The minimum Gasteiger partial charge on any atom is -0.383 e. The monoisotopic (exact) mass is 324 g/mol. The van der Waals surface area contributed by atoms with Crippen LogP contribution in [0.4, 0.5) is 0 Å². The van der Waals surface area contributed by atoms with Crippen molar-refractivity contribution in [2.45, 2.75) is 57.9 Å². The third kappa shape index (κ3) is 5.96. The molecule has 2 rings (SSSR count). The molecule has 23 heavy (non-hydrogen) atoms. The van der Waals surface area contributed by atoms with E-state index in [2.05, 4.69) is 27.4 Å². The van der Waals surface area contributed by atoms with Crippen molar-refractivity contribution in [3.8, 4) is 0 Å². The van der Waals surface area contributed by atoms with Gasteiger partial charge in [-0.25, -0.2) is 0 Å². The van der Waals surface area contributed by atoms with E-state index < -0.39 is 0 Å². The lowest BCUT2D eigenvalue weighted by Gasteiger charge is -2.29. The van der Waals surface area contributed by atoms with Crippen LogP contribution in [-0.4, -0.2) is 63.8 Å². The summed E-state index contributed by atoms with van der Waals surface area (Å²) >= 11 is 0. The van der Waals surface area contributed by atoms with Gasteiger partial charge in [-0.3, -0.25) is 9.89 Å². The molecular weight excluding hydrogens is 288 g/mol. The van der Waals surface area contributed by atoms with Crippen molar-refractivity contribution in [3.63, 3.8) is 0 Å². The maximum absolute atomic E-state index is 5.22. The number of ether oxygens (including phenoxy) is 1. The Morgan fingerprint density at radius 1 is 1.22 bits per heavy atom. The van der Waals surface area contributed by atoms with Crippen LogP contribution in [0.5, 0.6) is 0 Å². The average molecular weight is 325 g/mol. The van der Waals surface area contributed by atoms with Crippen LogP contribution in [0.3, 0.4) is 0 Å². The molecule has 0 aliphatic heterocycles. The van der Waals surface area contributed by atoms with E-state index in [9.17, 15) is 0 Å². The highest BCUT2D eigenvalue weighted by atomic mass is 16.5. The Balaban J connectivity index is 1.68. The minimum atomic E-state index is 0.496. The summed E-state index contributed by atoms with van der Waals surface area (Å²) in [6, 6.07) is 0.781. The lowest BCUT2D eigenvalue weighted by molar-refractivity contribution is 0.144. The normalized spacial score (nSPS) is 21.0. The number of nitrogens with one attached hydrogen (secondary N) is 2. The SMILES string of the molecule is CCC1(CNC(=NC)NCCN(CCOC)C2CC2)CCCC1. The van der Waals surface area contributed by atoms with Gasteiger partial charge in [0.15, 0.2) is 5.96 Å². The zero-order valence-corrected chi connectivity index (χ0v) is 15.4. The fraction of sp³-hybridized carbons (Fsp3) is 0.944. The van der Waals surface area contributed by atoms with Gasteiger partial charge in [-0.1, -0.05) is 19.8 Å². The molecule has 2 N–H and O–H groups in total. The maximum atomic E-state index is 5.22. The molecule has 2 saturated carbocycles.